The average Bonchev–Trinajstić information content (AvgIpc) is 2.84. The summed E-state index contributed by atoms with van der Waals surface area (Å²) in [5, 5.41) is 2.97. The second kappa shape index (κ2) is 12.1. The van der Waals surface area contributed by atoms with Gasteiger partial charge in [0.25, 0.3) is 0 Å². The van der Waals surface area contributed by atoms with Gasteiger partial charge in [-0.05, 0) is 60.2 Å². The van der Waals surface area contributed by atoms with Crippen LogP contribution in [0.1, 0.15) is 41.2 Å². The van der Waals surface area contributed by atoms with Gasteiger partial charge in [0.05, 0.1) is 6.42 Å². The zero-order chi connectivity index (χ0) is 24.5. The minimum absolute atomic E-state index is 0.139. The molecule has 2 amide bonds. The van der Waals surface area contributed by atoms with Crippen LogP contribution >= 0.6 is 0 Å². The summed E-state index contributed by atoms with van der Waals surface area (Å²) in [6.07, 6.45) is 1.39. The first-order valence-corrected chi connectivity index (χ1v) is 11.8. The lowest BCUT2D eigenvalue weighted by atomic mass is 10.00. The summed E-state index contributed by atoms with van der Waals surface area (Å²) in [6.45, 7) is 6.82. The number of aryl methyl sites for hydroxylation is 2. The summed E-state index contributed by atoms with van der Waals surface area (Å²) < 4.78 is 13.5. The molecule has 0 unspecified atom stereocenters. The fourth-order valence-electron chi connectivity index (χ4n) is 3.90. The molecule has 3 rings (SSSR count). The van der Waals surface area contributed by atoms with Gasteiger partial charge in [0.15, 0.2) is 0 Å². The van der Waals surface area contributed by atoms with E-state index in [4.69, 9.17) is 0 Å². The third-order valence-corrected chi connectivity index (χ3v) is 6.01. The van der Waals surface area contributed by atoms with E-state index in [1.54, 1.807) is 17.0 Å². The minimum Gasteiger partial charge on any atom is -0.354 e. The van der Waals surface area contributed by atoms with Crippen molar-refractivity contribution in [3.05, 3.63) is 106 Å². The summed E-state index contributed by atoms with van der Waals surface area (Å²) in [5.41, 5.74) is 4.94. The molecule has 0 aliphatic rings. The van der Waals surface area contributed by atoms with E-state index in [1.165, 1.54) is 17.7 Å². The molecule has 0 radical (unpaired) electrons. The Balaban J connectivity index is 1.95. The topological polar surface area (TPSA) is 49.4 Å². The maximum absolute atomic E-state index is 13.7. The first-order valence-electron chi connectivity index (χ1n) is 11.8. The van der Waals surface area contributed by atoms with Crippen LogP contribution in [0.3, 0.4) is 0 Å². The molecule has 1 N–H and O–H groups in total. The highest BCUT2D eigenvalue weighted by Gasteiger charge is 2.30. The van der Waals surface area contributed by atoms with Crippen LogP contribution in [0.15, 0.2) is 72.8 Å². The molecule has 0 heterocycles. The van der Waals surface area contributed by atoms with Crippen LogP contribution in [0.25, 0.3) is 0 Å². The molecule has 0 spiro atoms. The van der Waals surface area contributed by atoms with Crippen molar-refractivity contribution in [3.8, 4) is 0 Å². The first kappa shape index (κ1) is 25.2. The molecule has 3 aromatic rings. The second-order valence-electron chi connectivity index (χ2n) is 8.74. The van der Waals surface area contributed by atoms with Crippen molar-refractivity contribution in [2.75, 3.05) is 6.54 Å². The number of rotatable bonds is 10. The summed E-state index contributed by atoms with van der Waals surface area (Å²) in [7, 11) is 0. The number of carbonyl (C=O) groups excluding carboxylic acids is 2. The van der Waals surface area contributed by atoms with Gasteiger partial charge in [-0.1, -0.05) is 67.6 Å². The van der Waals surface area contributed by atoms with Crippen molar-refractivity contribution < 1.29 is 14.0 Å². The summed E-state index contributed by atoms with van der Waals surface area (Å²) in [5.74, 6) is -0.653. The number of hydrogen-bond donors (Lipinski definition) is 1. The number of nitrogens with one attached hydrogen (secondary N) is 1. The summed E-state index contributed by atoms with van der Waals surface area (Å²) in [4.78, 5) is 28.6. The maximum Gasteiger partial charge on any atom is 0.243 e. The van der Waals surface area contributed by atoms with E-state index in [9.17, 15) is 14.0 Å². The summed E-state index contributed by atoms with van der Waals surface area (Å²) >= 11 is 0. The van der Waals surface area contributed by atoms with Crippen molar-refractivity contribution in [1.29, 1.82) is 0 Å². The second-order valence-corrected chi connectivity index (χ2v) is 8.74. The normalized spacial score (nSPS) is 11.6. The molecular formula is C29H33FN2O2. The van der Waals surface area contributed by atoms with Crippen LogP contribution in [0.2, 0.25) is 0 Å². The molecular weight excluding hydrogens is 427 g/mol. The van der Waals surface area contributed by atoms with Crippen LogP contribution in [-0.4, -0.2) is 29.3 Å². The van der Waals surface area contributed by atoms with Crippen molar-refractivity contribution in [3.63, 3.8) is 0 Å². The van der Waals surface area contributed by atoms with Crippen molar-refractivity contribution in [1.82, 2.24) is 10.2 Å². The van der Waals surface area contributed by atoms with Gasteiger partial charge in [0, 0.05) is 19.5 Å². The number of nitrogens with zero attached hydrogens (tertiary/aromatic N) is 1. The number of hydrogen-bond acceptors (Lipinski definition) is 2. The van der Waals surface area contributed by atoms with Gasteiger partial charge in [0.2, 0.25) is 11.8 Å². The number of halogens is 1. The van der Waals surface area contributed by atoms with Gasteiger partial charge in [-0.25, -0.2) is 4.39 Å². The molecule has 34 heavy (non-hydrogen) atoms. The molecule has 3 aromatic carbocycles. The molecule has 1 atom stereocenters. The Labute approximate surface area is 201 Å². The van der Waals surface area contributed by atoms with Gasteiger partial charge in [0.1, 0.15) is 11.9 Å². The van der Waals surface area contributed by atoms with Crippen LogP contribution in [-0.2, 0) is 29.0 Å². The smallest absolute Gasteiger partial charge is 0.243 e. The van der Waals surface area contributed by atoms with E-state index in [-0.39, 0.29) is 30.6 Å². The third kappa shape index (κ3) is 7.01. The predicted octanol–water partition coefficient (Wildman–Crippen LogP) is 5.15. The van der Waals surface area contributed by atoms with Gasteiger partial charge < -0.3 is 10.2 Å². The first-order chi connectivity index (χ1) is 16.4. The van der Waals surface area contributed by atoms with E-state index in [0.29, 0.717) is 13.0 Å². The Kier molecular flexibility index (Phi) is 8.97. The SMILES string of the molecule is CCCNC(=O)[C@H](Cc1ccccc1)N(Cc1ccc(F)cc1)C(=O)Cc1ccc(C)c(C)c1. The van der Waals surface area contributed by atoms with E-state index in [0.717, 1.165) is 28.7 Å². The van der Waals surface area contributed by atoms with Crippen LogP contribution < -0.4 is 5.32 Å². The van der Waals surface area contributed by atoms with E-state index < -0.39 is 6.04 Å². The molecule has 178 valence electrons. The molecule has 0 aliphatic heterocycles. The minimum atomic E-state index is -0.682. The van der Waals surface area contributed by atoms with Gasteiger partial charge in [-0.3, -0.25) is 9.59 Å². The largest absolute Gasteiger partial charge is 0.354 e. The molecule has 0 saturated heterocycles. The van der Waals surface area contributed by atoms with Gasteiger partial charge >= 0.3 is 0 Å². The lowest BCUT2D eigenvalue weighted by molar-refractivity contribution is -0.140. The molecule has 0 saturated carbocycles. The van der Waals surface area contributed by atoms with Crippen LogP contribution in [0.4, 0.5) is 4.39 Å². The molecule has 4 nitrogen and oxygen atoms in total. The van der Waals surface area contributed by atoms with Gasteiger partial charge in [-0.2, -0.15) is 0 Å². The van der Waals surface area contributed by atoms with Gasteiger partial charge in [-0.15, -0.1) is 0 Å². The Morgan fingerprint density at radius 2 is 1.56 bits per heavy atom. The fraction of sp³-hybridized carbons (Fsp3) is 0.310. The van der Waals surface area contributed by atoms with Crippen LogP contribution in [0.5, 0.6) is 0 Å². The summed E-state index contributed by atoms with van der Waals surface area (Å²) in [6, 6.07) is 21.1. The van der Waals surface area contributed by atoms with E-state index in [1.807, 2.05) is 69.3 Å². The highest BCUT2D eigenvalue weighted by atomic mass is 19.1. The highest BCUT2D eigenvalue weighted by Crippen LogP contribution is 2.18. The Morgan fingerprint density at radius 3 is 2.21 bits per heavy atom. The maximum atomic E-state index is 13.7. The Hall–Kier alpha value is -3.47. The molecule has 5 heteroatoms. The molecule has 0 bridgehead atoms. The number of amides is 2. The van der Waals surface area contributed by atoms with Crippen molar-refractivity contribution >= 4 is 11.8 Å². The quantitative estimate of drug-likeness (QED) is 0.455. The monoisotopic (exact) mass is 460 g/mol. The molecule has 0 aliphatic carbocycles. The standard InChI is InChI=1S/C29H33FN2O2/c1-4-16-31-29(34)27(18-23-8-6-5-7-9-23)32(20-24-12-14-26(30)15-13-24)28(33)19-25-11-10-21(2)22(3)17-25/h5-15,17,27H,4,16,18-20H2,1-3H3,(H,31,34)/t27-/m0/s1. The zero-order valence-electron chi connectivity index (χ0n) is 20.2. The van der Waals surface area contributed by atoms with Crippen molar-refractivity contribution in [2.24, 2.45) is 0 Å². The lowest BCUT2D eigenvalue weighted by Gasteiger charge is -2.31. The predicted molar refractivity (Wildman–Crippen MR) is 134 cm³/mol. The van der Waals surface area contributed by atoms with Crippen LogP contribution in [0, 0.1) is 19.7 Å². The number of benzene rings is 3. The molecule has 0 aromatic heterocycles. The zero-order valence-corrected chi connectivity index (χ0v) is 20.2. The molecule has 0 fully saturated rings. The highest BCUT2D eigenvalue weighted by molar-refractivity contribution is 5.88. The fourth-order valence-corrected chi connectivity index (χ4v) is 3.90. The Morgan fingerprint density at radius 1 is 0.882 bits per heavy atom. The average molecular weight is 461 g/mol. The number of carbonyl (C=O) groups is 2. The third-order valence-electron chi connectivity index (χ3n) is 6.01. The van der Waals surface area contributed by atoms with E-state index >= 15 is 0 Å². The Bertz CT molecular complexity index is 1100. The van der Waals surface area contributed by atoms with Crippen molar-refractivity contribution in [2.45, 2.75) is 52.6 Å². The van der Waals surface area contributed by atoms with E-state index in [2.05, 4.69) is 5.32 Å². The lowest BCUT2D eigenvalue weighted by Crippen LogP contribution is -2.51.